The van der Waals surface area contributed by atoms with Gasteiger partial charge in [0.1, 0.15) is 0 Å². The van der Waals surface area contributed by atoms with E-state index in [2.05, 4.69) is 24.0 Å². The fourth-order valence-corrected chi connectivity index (χ4v) is 1.43. The number of hydrogen-bond donors (Lipinski definition) is 1. The predicted octanol–water partition coefficient (Wildman–Crippen LogP) is 1.98. The highest BCUT2D eigenvalue weighted by molar-refractivity contribution is 5.16. The predicted molar refractivity (Wildman–Crippen MR) is 59.1 cm³/mol. The van der Waals surface area contributed by atoms with Crippen LogP contribution in [0.15, 0.2) is 43.1 Å². The topological polar surface area (TPSA) is 21.3 Å². The van der Waals surface area contributed by atoms with Gasteiger partial charge >= 0.3 is 0 Å². The molecule has 0 saturated carbocycles. The van der Waals surface area contributed by atoms with Gasteiger partial charge in [-0.15, -0.1) is 0 Å². The molecule has 0 amide bonds. The first-order chi connectivity index (χ1) is 6.86. The molecule has 0 fully saturated rings. The summed E-state index contributed by atoms with van der Waals surface area (Å²) >= 11 is 0. The largest absolute Gasteiger partial charge is 0.386 e. The number of benzene rings is 1. The summed E-state index contributed by atoms with van der Waals surface area (Å²) in [5, 5.41) is 3.17. The van der Waals surface area contributed by atoms with Gasteiger partial charge in [0.05, 0.1) is 12.6 Å². The third kappa shape index (κ3) is 3.62. The molecule has 1 N–H and O–H groups in total. The maximum Gasteiger partial charge on any atom is 0.0667 e. The summed E-state index contributed by atoms with van der Waals surface area (Å²) in [5.74, 6) is 0. The van der Waals surface area contributed by atoms with E-state index in [1.165, 1.54) is 5.56 Å². The van der Waals surface area contributed by atoms with E-state index in [-0.39, 0.29) is 0 Å². The highest BCUT2D eigenvalue weighted by Crippen LogP contribution is 2.03. The maximum atomic E-state index is 5.12. The molecular weight excluding hydrogens is 174 g/mol. The standard InChI is InChI=1S/C12H17NO/c1-3-13-12(10-14-2)9-11-7-5-4-6-8-11/h3-8,12-13H,1,9-10H2,2H3. The molecule has 0 aliphatic rings. The van der Waals surface area contributed by atoms with Crippen molar-refractivity contribution in [2.75, 3.05) is 13.7 Å². The number of methoxy groups -OCH3 is 1. The van der Waals surface area contributed by atoms with Crippen molar-refractivity contribution in [2.45, 2.75) is 12.5 Å². The molecule has 0 aliphatic heterocycles. The van der Waals surface area contributed by atoms with Crippen LogP contribution >= 0.6 is 0 Å². The van der Waals surface area contributed by atoms with Crippen LogP contribution in [-0.4, -0.2) is 19.8 Å². The second-order valence-electron chi connectivity index (χ2n) is 3.21. The number of rotatable bonds is 6. The Labute approximate surface area is 85.6 Å². The normalized spacial score (nSPS) is 12.1. The van der Waals surface area contributed by atoms with E-state index >= 15 is 0 Å². The third-order valence-electron chi connectivity index (χ3n) is 2.05. The molecule has 0 radical (unpaired) electrons. The first-order valence-electron chi connectivity index (χ1n) is 4.76. The Hall–Kier alpha value is -1.28. The highest BCUT2D eigenvalue weighted by Gasteiger charge is 2.05. The summed E-state index contributed by atoms with van der Waals surface area (Å²) in [4.78, 5) is 0. The van der Waals surface area contributed by atoms with E-state index in [4.69, 9.17) is 4.74 Å². The van der Waals surface area contributed by atoms with E-state index < -0.39 is 0 Å². The molecule has 1 rings (SSSR count). The second kappa shape index (κ2) is 6.22. The first-order valence-corrected chi connectivity index (χ1v) is 4.76. The van der Waals surface area contributed by atoms with Crippen molar-refractivity contribution in [3.05, 3.63) is 48.7 Å². The molecule has 0 spiro atoms. The third-order valence-corrected chi connectivity index (χ3v) is 2.05. The Morgan fingerprint density at radius 2 is 2.14 bits per heavy atom. The zero-order valence-corrected chi connectivity index (χ0v) is 8.57. The van der Waals surface area contributed by atoms with Crippen molar-refractivity contribution in [1.29, 1.82) is 0 Å². The van der Waals surface area contributed by atoms with Gasteiger partial charge in [-0.1, -0.05) is 36.9 Å². The van der Waals surface area contributed by atoms with Crippen molar-refractivity contribution < 1.29 is 4.74 Å². The number of ether oxygens (including phenoxy) is 1. The van der Waals surface area contributed by atoms with Crippen LogP contribution in [0.1, 0.15) is 5.56 Å². The van der Waals surface area contributed by atoms with E-state index in [1.807, 2.05) is 18.2 Å². The Kier molecular flexibility index (Phi) is 4.79. The number of nitrogens with one attached hydrogen (secondary N) is 1. The molecule has 14 heavy (non-hydrogen) atoms. The minimum absolute atomic E-state index is 0.305. The van der Waals surface area contributed by atoms with Crippen LogP contribution in [0.3, 0.4) is 0 Å². The molecule has 76 valence electrons. The van der Waals surface area contributed by atoms with Crippen molar-refractivity contribution in [1.82, 2.24) is 5.32 Å². The van der Waals surface area contributed by atoms with Gasteiger partial charge in [-0.05, 0) is 18.2 Å². The SMILES string of the molecule is C=CNC(COC)Cc1ccccc1. The zero-order valence-electron chi connectivity index (χ0n) is 8.57. The fraction of sp³-hybridized carbons (Fsp3) is 0.333. The summed E-state index contributed by atoms with van der Waals surface area (Å²) in [5.41, 5.74) is 1.31. The van der Waals surface area contributed by atoms with Crippen molar-refractivity contribution >= 4 is 0 Å². The minimum atomic E-state index is 0.305. The van der Waals surface area contributed by atoms with Crippen LogP contribution in [0.4, 0.5) is 0 Å². The molecule has 2 nitrogen and oxygen atoms in total. The fourth-order valence-electron chi connectivity index (χ4n) is 1.43. The molecule has 0 aromatic heterocycles. The van der Waals surface area contributed by atoms with Crippen molar-refractivity contribution in [2.24, 2.45) is 0 Å². The molecule has 1 aromatic carbocycles. The minimum Gasteiger partial charge on any atom is -0.386 e. The van der Waals surface area contributed by atoms with Crippen LogP contribution in [0.25, 0.3) is 0 Å². The van der Waals surface area contributed by atoms with Crippen LogP contribution < -0.4 is 5.32 Å². The van der Waals surface area contributed by atoms with Gasteiger partial charge in [0, 0.05) is 7.11 Å². The first kappa shape index (κ1) is 10.8. The Morgan fingerprint density at radius 1 is 1.43 bits per heavy atom. The molecule has 1 atom stereocenters. The molecule has 1 unspecified atom stereocenters. The lowest BCUT2D eigenvalue weighted by atomic mass is 10.1. The Morgan fingerprint density at radius 3 is 2.71 bits per heavy atom. The van der Waals surface area contributed by atoms with Crippen molar-refractivity contribution in [3.63, 3.8) is 0 Å². The quantitative estimate of drug-likeness (QED) is 0.742. The van der Waals surface area contributed by atoms with Crippen LogP contribution in [-0.2, 0) is 11.2 Å². The second-order valence-corrected chi connectivity index (χ2v) is 3.21. The van der Waals surface area contributed by atoms with Crippen molar-refractivity contribution in [3.8, 4) is 0 Å². The van der Waals surface area contributed by atoms with Gasteiger partial charge in [-0.3, -0.25) is 0 Å². The summed E-state index contributed by atoms with van der Waals surface area (Å²) in [6.07, 6.45) is 2.67. The van der Waals surface area contributed by atoms with Crippen LogP contribution in [0, 0.1) is 0 Å². The Bertz CT molecular complexity index is 258. The van der Waals surface area contributed by atoms with E-state index in [0.29, 0.717) is 12.6 Å². The van der Waals surface area contributed by atoms with Crippen LogP contribution in [0.2, 0.25) is 0 Å². The summed E-state index contributed by atoms with van der Waals surface area (Å²) in [6, 6.07) is 10.7. The maximum absolute atomic E-state index is 5.12. The monoisotopic (exact) mass is 191 g/mol. The molecule has 2 heteroatoms. The van der Waals surface area contributed by atoms with Gasteiger partial charge in [-0.2, -0.15) is 0 Å². The smallest absolute Gasteiger partial charge is 0.0667 e. The molecule has 0 saturated heterocycles. The lowest BCUT2D eigenvalue weighted by Crippen LogP contribution is -2.31. The lowest BCUT2D eigenvalue weighted by molar-refractivity contribution is 0.171. The summed E-state index contributed by atoms with van der Waals surface area (Å²) < 4.78 is 5.12. The summed E-state index contributed by atoms with van der Waals surface area (Å²) in [6.45, 7) is 4.35. The highest BCUT2D eigenvalue weighted by atomic mass is 16.5. The average Bonchev–Trinajstić information content (AvgIpc) is 2.20. The molecule has 0 heterocycles. The number of hydrogen-bond acceptors (Lipinski definition) is 2. The summed E-state index contributed by atoms with van der Waals surface area (Å²) in [7, 11) is 1.71. The van der Waals surface area contributed by atoms with Crippen LogP contribution in [0.5, 0.6) is 0 Å². The van der Waals surface area contributed by atoms with Gasteiger partial charge in [0.15, 0.2) is 0 Å². The Balaban J connectivity index is 2.50. The van der Waals surface area contributed by atoms with Gasteiger partial charge in [-0.25, -0.2) is 0 Å². The van der Waals surface area contributed by atoms with E-state index in [0.717, 1.165) is 6.42 Å². The van der Waals surface area contributed by atoms with Gasteiger partial charge in [0.2, 0.25) is 0 Å². The lowest BCUT2D eigenvalue weighted by Gasteiger charge is -2.16. The van der Waals surface area contributed by atoms with E-state index in [9.17, 15) is 0 Å². The average molecular weight is 191 g/mol. The molecule has 1 aromatic rings. The van der Waals surface area contributed by atoms with E-state index in [1.54, 1.807) is 13.3 Å². The van der Waals surface area contributed by atoms with Gasteiger partial charge in [0.25, 0.3) is 0 Å². The molecule has 0 bridgehead atoms. The zero-order chi connectivity index (χ0) is 10.2. The molecule has 0 aliphatic carbocycles. The molecular formula is C12H17NO. The van der Waals surface area contributed by atoms with Gasteiger partial charge < -0.3 is 10.1 Å².